The van der Waals surface area contributed by atoms with Gasteiger partial charge in [-0.2, -0.15) is 0 Å². The molecule has 1 rings (SSSR count). The van der Waals surface area contributed by atoms with Crippen LogP contribution in [0.5, 0.6) is 5.75 Å². The Morgan fingerprint density at radius 2 is 2.23 bits per heavy atom. The van der Waals surface area contributed by atoms with Crippen LogP contribution in [-0.2, 0) is 0 Å². The smallest absolute Gasteiger partial charge is 0.137 e. The first kappa shape index (κ1) is 11.0. The molecule has 1 nitrogen and oxygen atoms in total. The van der Waals surface area contributed by atoms with Gasteiger partial charge in [-0.15, -0.1) is 0 Å². The number of hydrogen-bond acceptors (Lipinski definition) is 1. The minimum absolute atomic E-state index is 0.470. The van der Waals surface area contributed by atoms with E-state index in [4.69, 9.17) is 4.52 Å². The average Bonchev–Trinajstić information content (AvgIpc) is 2.04. The van der Waals surface area contributed by atoms with E-state index in [9.17, 15) is 0 Å². The molecule has 0 heterocycles. The van der Waals surface area contributed by atoms with Crippen LogP contribution < -0.4 is 4.52 Å². The molecule has 0 spiro atoms. The van der Waals surface area contributed by atoms with Gasteiger partial charge in [-0.1, -0.05) is 18.2 Å². The molecule has 70 valence electrons. The van der Waals surface area contributed by atoms with E-state index < -0.39 is 0 Å². The molecule has 0 aliphatic rings. The number of allylic oxidation sites excluding steroid dienone is 1. The molecule has 0 aromatic heterocycles. The number of hydrogen-bond donors (Lipinski definition) is 0. The van der Waals surface area contributed by atoms with Gasteiger partial charge in [-0.3, -0.25) is 0 Å². The van der Waals surface area contributed by atoms with Crippen LogP contribution in [0.1, 0.15) is 18.1 Å². The van der Waals surface area contributed by atoms with Crippen molar-refractivity contribution in [2.75, 3.05) is 0 Å². The lowest BCUT2D eigenvalue weighted by atomic mass is 10.0. The molecule has 3 heteroatoms. The summed E-state index contributed by atoms with van der Waals surface area (Å²) in [5.74, 6) is 0.940. The fourth-order valence-electron chi connectivity index (χ4n) is 1.22. The van der Waals surface area contributed by atoms with E-state index >= 15 is 0 Å². The Hall–Kier alpha value is -0.0800. The topological polar surface area (TPSA) is 9.23 Å². The second-order valence-corrected chi connectivity index (χ2v) is 4.62. The molecule has 0 N–H and O–H groups in total. The Morgan fingerprint density at radius 3 is 2.69 bits per heavy atom. The minimum atomic E-state index is 0.470. The van der Waals surface area contributed by atoms with Gasteiger partial charge in [0, 0.05) is 0 Å². The summed E-state index contributed by atoms with van der Waals surface area (Å²) in [5, 5.41) is 0. The van der Waals surface area contributed by atoms with Gasteiger partial charge in [0.15, 0.2) is 0 Å². The Bertz CT molecular complexity index is 323. The summed E-state index contributed by atoms with van der Waals surface area (Å²) in [6, 6.07) is 6.10. The summed E-state index contributed by atoms with van der Waals surface area (Å²) in [7, 11) is 0. The normalized spacial score (nSPS) is 10.7. The molecule has 1 atom stereocenters. The van der Waals surface area contributed by atoms with Crippen molar-refractivity contribution in [3.8, 4) is 5.75 Å². The van der Waals surface area contributed by atoms with Crippen LogP contribution >= 0.6 is 28.5 Å². The molecule has 1 aromatic carbocycles. The molecule has 1 unspecified atom stereocenters. The highest BCUT2D eigenvalue weighted by Crippen LogP contribution is 2.29. The zero-order valence-electron chi connectivity index (χ0n) is 7.73. The van der Waals surface area contributed by atoms with E-state index in [1.54, 1.807) is 0 Å². The predicted molar refractivity (Wildman–Crippen MR) is 68.9 cm³/mol. The molecule has 0 bridgehead atoms. The van der Waals surface area contributed by atoms with Crippen molar-refractivity contribution in [2.24, 2.45) is 0 Å². The molecular weight excluding hydrogens is 294 g/mol. The summed E-state index contributed by atoms with van der Waals surface area (Å²) in [6.07, 6.45) is 0. The highest BCUT2D eigenvalue weighted by Gasteiger charge is 2.00. The molecule has 0 fully saturated rings. The van der Waals surface area contributed by atoms with Crippen LogP contribution in [0.15, 0.2) is 24.8 Å². The number of rotatable bonds is 3. The van der Waals surface area contributed by atoms with Gasteiger partial charge in [0.25, 0.3) is 0 Å². The number of benzene rings is 1. The highest BCUT2D eigenvalue weighted by atomic mass is 127. The van der Waals surface area contributed by atoms with E-state index in [0.29, 0.717) is 6.45 Å². The molecule has 0 amide bonds. The van der Waals surface area contributed by atoms with Gasteiger partial charge in [-0.25, -0.2) is 0 Å². The van der Waals surface area contributed by atoms with E-state index in [1.165, 1.54) is 11.1 Å². The summed E-state index contributed by atoms with van der Waals surface area (Å²) in [6.45, 7) is 8.49. The lowest BCUT2D eigenvalue weighted by Gasteiger charge is -2.07. The lowest BCUT2D eigenvalue weighted by Crippen LogP contribution is -1.85. The second kappa shape index (κ2) is 4.97. The van der Waals surface area contributed by atoms with E-state index in [0.717, 1.165) is 11.3 Å². The van der Waals surface area contributed by atoms with Crippen molar-refractivity contribution in [1.82, 2.24) is 0 Å². The molecule has 0 aliphatic heterocycles. The molecule has 0 saturated carbocycles. The quantitative estimate of drug-likeness (QED) is 0.596. The van der Waals surface area contributed by atoms with Crippen LogP contribution in [0.25, 0.3) is 5.57 Å². The maximum absolute atomic E-state index is 5.41. The molecule has 13 heavy (non-hydrogen) atoms. The van der Waals surface area contributed by atoms with E-state index in [1.807, 2.05) is 13.0 Å². The summed E-state index contributed by atoms with van der Waals surface area (Å²) in [4.78, 5) is 0. The predicted octanol–water partition coefficient (Wildman–Crippen LogP) is 4.35. The Balaban J connectivity index is 2.98. The van der Waals surface area contributed by atoms with Gasteiger partial charge >= 0.3 is 0 Å². The maximum Gasteiger partial charge on any atom is 0.137 e. The Labute approximate surface area is 93.9 Å². The molecule has 0 saturated heterocycles. The average molecular weight is 306 g/mol. The largest absolute Gasteiger partial charge is 0.467 e. The fraction of sp³-hybridized carbons (Fsp3) is 0.200. The van der Waals surface area contributed by atoms with Crippen LogP contribution in [0.3, 0.4) is 0 Å². The van der Waals surface area contributed by atoms with Crippen LogP contribution in [0.4, 0.5) is 0 Å². The molecule has 1 aromatic rings. The van der Waals surface area contributed by atoms with E-state index in [2.05, 4.69) is 47.7 Å². The van der Waals surface area contributed by atoms with Gasteiger partial charge in [0.1, 0.15) is 12.2 Å². The minimum Gasteiger partial charge on any atom is -0.467 e. The van der Waals surface area contributed by atoms with Crippen LogP contribution in [-0.4, -0.2) is 0 Å². The first-order chi connectivity index (χ1) is 6.15. The summed E-state index contributed by atoms with van der Waals surface area (Å²) in [5.41, 5.74) is 3.53. The first-order valence-electron chi connectivity index (χ1n) is 3.94. The standard InChI is InChI=1S/C10H12IOP/c1-7(2)10-5-4-9(12-13-11)6-8(10)3/h4-6,13H,1H2,2-3H3. The third-order valence-electron chi connectivity index (χ3n) is 1.81. The maximum atomic E-state index is 5.41. The van der Waals surface area contributed by atoms with Gasteiger partial charge < -0.3 is 4.52 Å². The van der Waals surface area contributed by atoms with Gasteiger partial charge in [-0.05, 0) is 59.1 Å². The van der Waals surface area contributed by atoms with Crippen molar-refractivity contribution < 1.29 is 4.52 Å². The first-order valence-corrected chi connectivity index (χ1v) is 7.96. The summed E-state index contributed by atoms with van der Waals surface area (Å²) < 4.78 is 5.41. The van der Waals surface area contributed by atoms with Crippen molar-refractivity contribution in [3.63, 3.8) is 0 Å². The SMILES string of the molecule is C=C(C)c1ccc(OPI)cc1C. The Morgan fingerprint density at radius 1 is 1.54 bits per heavy atom. The third-order valence-corrected chi connectivity index (χ3v) is 2.79. The molecule has 0 radical (unpaired) electrons. The molecule has 0 aliphatic carbocycles. The van der Waals surface area contributed by atoms with Gasteiger partial charge in [0.2, 0.25) is 0 Å². The van der Waals surface area contributed by atoms with Crippen molar-refractivity contribution in [2.45, 2.75) is 13.8 Å². The summed E-state index contributed by atoms with van der Waals surface area (Å²) >= 11 is 2.21. The van der Waals surface area contributed by atoms with Crippen molar-refractivity contribution in [1.29, 1.82) is 0 Å². The van der Waals surface area contributed by atoms with Crippen LogP contribution in [0, 0.1) is 6.92 Å². The van der Waals surface area contributed by atoms with Gasteiger partial charge in [0.05, 0.1) is 0 Å². The van der Waals surface area contributed by atoms with E-state index in [-0.39, 0.29) is 0 Å². The third kappa shape index (κ3) is 2.96. The molecular formula is C10H12IOP. The highest BCUT2D eigenvalue weighted by molar-refractivity contribution is 14.2. The lowest BCUT2D eigenvalue weighted by molar-refractivity contribution is 0.643. The number of halogens is 1. The zero-order valence-corrected chi connectivity index (χ0v) is 10.9. The van der Waals surface area contributed by atoms with Crippen molar-refractivity contribution >= 4 is 34.1 Å². The number of aryl methyl sites for hydroxylation is 1. The monoisotopic (exact) mass is 306 g/mol. The fourth-order valence-corrected chi connectivity index (χ4v) is 2.20. The van der Waals surface area contributed by atoms with Crippen molar-refractivity contribution in [3.05, 3.63) is 35.9 Å². The second-order valence-electron chi connectivity index (χ2n) is 2.94. The zero-order chi connectivity index (χ0) is 9.84. The Kier molecular flexibility index (Phi) is 4.20. The van der Waals surface area contributed by atoms with Crippen LogP contribution in [0.2, 0.25) is 0 Å².